The van der Waals surface area contributed by atoms with Gasteiger partial charge in [-0.25, -0.2) is 0 Å². The second-order valence-electron chi connectivity index (χ2n) is 9.81. The molecular formula is C19H35ClO2. The largest absolute Gasteiger partial charge is 0.299 e. The molecule has 0 radical (unpaired) electrons. The number of hydrogen-bond acceptors (Lipinski definition) is 2. The summed E-state index contributed by atoms with van der Waals surface area (Å²) in [5.74, 6) is 0.177. The van der Waals surface area contributed by atoms with Crippen LogP contribution in [0.5, 0.6) is 0 Å². The van der Waals surface area contributed by atoms with E-state index in [9.17, 15) is 9.59 Å². The van der Waals surface area contributed by atoms with Gasteiger partial charge in [-0.3, -0.25) is 9.59 Å². The summed E-state index contributed by atoms with van der Waals surface area (Å²) in [5.41, 5.74) is -1.63. The Hall–Kier alpha value is -0.370. The summed E-state index contributed by atoms with van der Waals surface area (Å²) in [6.45, 7) is 19.7. The van der Waals surface area contributed by atoms with Crippen molar-refractivity contribution >= 4 is 23.2 Å². The fourth-order valence-electron chi connectivity index (χ4n) is 2.19. The van der Waals surface area contributed by atoms with Crippen LogP contribution >= 0.6 is 11.6 Å². The highest BCUT2D eigenvalue weighted by Gasteiger charge is 2.50. The fraction of sp³-hybridized carbons (Fsp3) is 0.895. The number of rotatable bonds is 6. The van der Waals surface area contributed by atoms with Gasteiger partial charge in [0.05, 0.1) is 5.38 Å². The average Bonchev–Trinajstić information content (AvgIpc) is 2.31. The molecule has 0 fully saturated rings. The van der Waals surface area contributed by atoms with Crippen molar-refractivity contribution in [3.63, 3.8) is 0 Å². The normalized spacial score (nSPS) is 15.6. The maximum atomic E-state index is 12.8. The van der Waals surface area contributed by atoms with Crippen LogP contribution in [0.25, 0.3) is 0 Å². The zero-order valence-electron chi connectivity index (χ0n) is 16.2. The Labute approximate surface area is 142 Å². The average molecular weight is 331 g/mol. The lowest BCUT2D eigenvalue weighted by Gasteiger charge is -2.44. The molecule has 0 heterocycles. The lowest BCUT2D eigenvalue weighted by Crippen LogP contribution is -2.50. The standard InChI is InChI=1S/C19H35ClO2/c1-16(2,3)12-11-13(21)18(7,8)19(9,10)14(20)15(22)17(4,5)6/h14H,11-12H2,1-10H3. The SMILES string of the molecule is CC(C)(C)CCC(=O)C(C)(C)C(C)(C)C(Cl)C(=O)C(C)(C)C. The first kappa shape index (κ1) is 21.6. The number of alkyl halides is 1. The van der Waals surface area contributed by atoms with Gasteiger partial charge in [-0.15, -0.1) is 11.6 Å². The highest BCUT2D eigenvalue weighted by atomic mass is 35.5. The first-order valence-corrected chi connectivity index (χ1v) is 8.60. The highest BCUT2D eigenvalue weighted by molar-refractivity contribution is 6.32. The van der Waals surface area contributed by atoms with Crippen molar-refractivity contribution < 1.29 is 9.59 Å². The first-order chi connectivity index (χ1) is 9.44. The van der Waals surface area contributed by atoms with E-state index in [1.54, 1.807) is 0 Å². The van der Waals surface area contributed by atoms with Crippen molar-refractivity contribution in [1.29, 1.82) is 0 Å². The number of carbonyl (C=O) groups is 2. The van der Waals surface area contributed by atoms with Crippen molar-refractivity contribution in [2.75, 3.05) is 0 Å². The molecule has 0 spiro atoms. The van der Waals surface area contributed by atoms with Crippen LogP contribution in [0.15, 0.2) is 0 Å². The molecule has 0 aromatic heterocycles. The monoisotopic (exact) mass is 330 g/mol. The number of halogens is 1. The Morgan fingerprint density at radius 2 is 1.27 bits per heavy atom. The second kappa shape index (κ2) is 6.63. The molecule has 0 saturated heterocycles. The van der Waals surface area contributed by atoms with E-state index >= 15 is 0 Å². The fourth-order valence-corrected chi connectivity index (χ4v) is 2.79. The van der Waals surface area contributed by atoms with Crippen LogP contribution in [0.4, 0.5) is 0 Å². The van der Waals surface area contributed by atoms with E-state index in [0.717, 1.165) is 6.42 Å². The third-order valence-electron chi connectivity index (χ3n) is 5.01. The summed E-state index contributed by atoms with van der Waals surface area (Å²) in [6.07, 6.45) is 1.36. The minimum absolute atomic E-state index is 0.00383. The van der Waals surface area contributed by atoms with Gasteiger partial charge in [0.1, 0.15) is 5.78 Å². The van der Waals surface area contributed by atoms with Crippen LogP contribution in [-0.2, 0) is 9.59 Å². The number of carbonyl (C=O) groups excluding carboxylic acids is 2. The van der Waals surface area contributed by atoms with Gasteiger partial charge >= 0.3 is 0 Å². The Morgan fingerprint density at radius 1 is 0.864 bits per heavy atom. The Balaban J connectivity index is 5.31. The van der Waals surface area contributed by atoms with Crippen LogP contribution in [0.3, 0.4) is 0 Å². The molecule has 130 valence electrons. The molecule has 2 nitrogen and oxygen atoms in total. The predicted octanol–water partition coefficient (Wildman–Crippen LogP) is 5.66. The van der Waals surface area contributed by atoms with Crippen molar-refractivity contribution in [3.8, 4) is 0 Å². The van der Waals surface area contributed by atoms with E-state index < -0.39 is 21.6 Å². The molecule has 0 N–H and O–H groups in total. The molecule has 0 aromatic rings. The van der Waals surface area contributed by atoms with Crippen molar-refractivity contribution in [2.24, 2.45) is 21.7 Å². The number of Topliss-reactive ketones (excluding diaryl/α,β-unsaturated/α-hetero) is 2. The van der Waals surface area contributed by atoms with Crippen LogP contribution in [0, 0.1) is 21.7 Å². The van der Waals surface area contributed by atoms with Crippen LogP contribution in [0.1, 0.15) is 82.1 Å². The number of ketones is 2. The van der Waals surface area contributed by atoms with Gasteiger partial charge in [-0.05, 0) is 11.8 Å². The lowest BCUT2D eigenvalue weighted by molar-refractivity contribution is -0.137. The van der Waals surface area contributed by atoms with Gasteiger partial charge < -0.3 is 0 Å². The molecular weight excluding hydrogens is 296 g/mol. The van der Waals surface area contributed by atoms with Crippen LogP contribution < -0.4 is 0 Å². The summed E-state index contributed by atoms with van der Waals surface area (Å²) < 4.78 is 0. The zero-order valence-corrected chi connectivity index (χ0v) is 16.9. The summed E-state index contributed by atoms with van der Waals surface area (Å²) in [6, 6.07) is 0. The molecule has 0 rings (SSSR count). The van der Waals surface area contributed by atoms with E-state index in [1.807, 2.05) is 48.5 Å². The minimum Gasteiger partial charge on any atom is -0.299 e. The molecule has 0 aliphatic carbocycles. The van der Waals surface area contributed by atoms with Crippen LogP contribution in [0.2, 0.25) is 0 Å². The summed E-state index contributed by atoms with van der Waals surface area (Å²) >= 11 is 6.52. The topological polar surface area (TPSA) is 34.1 Å². The molecule has 0 bridgehead atoms. The molecule has 22 heavy (non-hydrogen) atoms. The van der Waals surface area contributed by atoms with E-state index in [2.05, 4.69) is 20.8 Å². The summed E-state index contributed by atoms with van der Waals surface area (Å²) in [4.78, 5) is 25.3. The maximum absolute atomic E-state index is 12.8. The quantitative estimate of drug-likeness (QED) is 0.589. The molecule has 1 atom stereocenters. The second-order valence-corrected chi connectivity index (χ2v) is 10.2. The van der Waals surface area contributed by atoms with Crippen LogP contribution in [-0.4, -0.2) is 16.9 Å². The maximum Gasteiger partial charge on any atom is 0.156 e. The van der Waals surface area contributed by atoms with E-state index in [-0.39, 0.29) is 17.0 Å². The first-order valence-electron chi connectivity index (χ1n) is 8.16. The van der Waals surface area contributed by atoms with Gasteiger partial charge in [-0.2, -0.15) is 0 Å². The van der Waals surface area contributed by atoms with Crippen molar-refractivity contribution in [3.05, 3.63) is 0 Å². The Morgan fingerprint density at radius 3 is 1.59 bits per heavy atom. The molecule has 1 unspecified atom stereocenters. The third-order valence-corrected chi connectivity index (χ3v) is 5.76. The molecule has 0 aromatic carbocycles. The van der Waals surface area contributed by atoms with Gasteiger partial charge in [-0.1, -0.05) is 69.2 Å². The summed E-state index contributed by atoms with van der Waals surface area (Å²) in [7, 11) is 0. The highest BCUT2D eigenvalue weighted by Crippen LogP contribution is 2.47. The zero-order chi connectivity index (χ0) is 18.1. The molecule has 3 heteroatoms. The predicted molar refractivity (Wildman–Crippen MR) is 95.4 cm³/mol. The van der Waals surface area contributed by atoms with Gasteiger partial charge in [0.15, 0.2) is 5.78 Å². The lowest BCUT2D eigenvalue weighted by atomic mass is 9.60. The Bertz CT molecular complexity index is 420. The Kier molecular flexibility index (Phi) is 6.52. The van der Waals surface area contributed by atoms with Gasteiger partial charge in [0.25, 0.3) is 0 Å². The molecule has 0 saturated carbocycles. The van der Waals surface area contributed by atoms with Crippen molar-refractivity contribution in [1.82, 2.24) is 0 Å². The smallest absolute Gasteiger partial charge is 0.156 e. The third kappa shape index (κ3) is 5.08. The molecule has 0 amide bonds. The van der Waals surface area contributed by atoms with E-state index in [0.29, 0.717) is 6.42 Å². The minimum atomic E-state index is -0.680. The number of hydrogen-bond donors (Lipinski definition) is 0. The summed E-state index contributed by atoms with van der Waals surface area (Å²) in [5, 5.41) is -0.680. The van der Waals surface area contributed by atoms with Gasteiger partial charge in [0, 0.05) is 22.7 Å². The van der Waals surface area contributed by atoms with E-state index in [1.165, 1.54) is 0 Å². The molecule has 0 aliphatic heterocycles. The van der Waals surface area contributed by atoms with Crippen molar-refractivity contribution in [2.45, 2.75) is 87.5 Å². The van der Waals surface area contributed by atoms with E-state index in [4.69, 9.17) is 11.6 Å². The van der Waals surface area contributed by atoms with Gasteiger partial charge in [0.2, 0.25) is 0 Å². The molecule has 0 aliphatic rings.